The van der Waals surface area contributed by atoms with Crippen LogP contribution in [0.3, 0.4) is 0 Å². The van der Waals surface area contributed by atoms with Gasteiger partial charge in [0.2, 0.25) is 11.8 Å². The summed E-state index contributed by atoms with van der Waals surface area (Å²) in [6, 6.07) is 26.1. The molecule has 0 aliphatic heterocycles. The molecule has 6 heteroatoms. The van der Waals surface area contributed by atoms with Crippen LogP contribution in [0.2, 0.25) is 0 Å². The summed E-state index contributed by atoms with van der Waals surface area (Å²) in [5.74, 6) is 2.25. The minimum absolute atomic E-state index is 0.443. The Morgan fingerprint density at radius 1 is 0.767 bits per heavy atom. The molecule has 1 aromatic heterocycles. The molecule has 0 amide bonds. The molecular formula is C24H23N3O3. The molecule has 0 saturated carbocycles. The molecule has 0 N–H and O–H groups in total. The molecule has 4 rings (SSSR count). The van der Waals surface area contributed by atoms with E-state index in [9.17, 15) is 0 Å². The Balaban J connectivity index is 1.58. The van der Waals surface area contributed by atoms with Crippen LogP contribution in [0.15, 0.2) is 83.3 Å². The Labute approximate surface area is 175 Å². The minimum Gasteiger partial charge on any atom is -0.493 e. The summed E-state index contributed by atoms with van der Waals surface area (Å²) in [7, 11) is 3.20. The van der Waals surface area contributed by atoms with Crippen molar-refractivity contribution < 1.29 is 13.9 Å². The van der Waals surface area contributed by atoms with Gasteiger partial charge in [0.15, 0.2) is 11.5 Å². The molecule has 6 nitrogen and oxygen atoms in total. The number of ether oxygens (including phenoxy) is 2. The summed E-state index contributed by atoms with van der Waals surface area (Å²) in [5.41, 5.74) is 3.08. The Hall–Kier alpha value is -3.80. The number of aromatic nitrogens is 2. The number of hydrogen-bond acceptors (Lipinski definition) is 6. The van der Waals surface area contributed by atoms with Gasteiger partial charge in [-0.15, -0.1) is 10.2 Å². The standard InChI is InChI=1S/C24H23N3O3/c1-28-21-14-13-19(15-22(21)29-2)24-26-25-23(30-24)17-27(20-11-7-4-8-12-20)16-18-9-5-3-6-10-18/h3-15H,16-17H2,1-2H3. The third kappa shape index (κ3) is 4.43. The highest BCUT2D eigenvalue weighted by Crippen LogP contribution is 2.32. The second kappa shape index (κ2) is 9.13. The van der Waals surface area contributed by atoms with Crippen molar-refractivity contribution in [3.05, 3.63) is 90.3 Å². The maximum atomic E-state index is 5.97. The van der Waals surface area contributed by atoms with Crippen molar-refractivity contribution in [1.82, 2.24) is 10.2 Å². The van der Waals surface area contributed by atoms with Crippen LogP contribution in [0.4, 0.5) is 5.69 Å². The predicted octanol–water partition coefficient (Wildman–Crippen LogP) is 4.96. The maximum absolute atomic E-state index is 5.97. The van der Waals surface area contributed by atoms with Crippen LogP contribution in [0, 0.1) is 0 Å². The second-order valence-electron chi connectivity index (χ2n) is 6.75. The van der Waals surface area contributed by atoms with E-state index in [0.29, 0.717) is 29.8 Å². The molecular weight excluding hydrogens is 378 g/mol. The van der Waals surface area contributed by atoms with Gasteiger partial charge in [0, 0.05) is 17.8 Å². The van der Waals surface area contributed by atoms with Crippen molar-refractivity contribution in [3.63, 3.8) is 0 Å². The van der Waals surface area contributed by atoms with Gasteiger partial charge in [-0.2, -0.15) is 0 Å². The number of nitrogens with zero attached hydrogens (tertiary/aromatic N) is 3. The van der Waals surface area contributed by atoms with Crippen molar-refractivity contribution in [2.24, 2.45) is 0 Å². The molecule has 1 heterocycles. The number of rotatable bonds is 8. The molecule has 0 radical (unpaired) electrons. The molecule has 0 bridgehead atoms. The zero-order chi connectivity index (χ0) is 20.8. The highest BCUT2D eigenvalue weighted by Gasteiger charge is 2.15. The highest BCUT2D eigenvalue weighted by atomic mass is 16.5. The molecule has 0 aliphatic carbocycles. The van der Waals surface area contributed by atoms with E-state index in [4.69, 9.17) is 13.9 Å². The lowest BCUT2D eigenvalue weighted by Gasteiger charge is -2.23. The van der Waals surface area contributed by atoms with Gasteiger partial charge in [-0.25, -0.2) is 0 Å². The largest absolute Gasteiger partial charge is 0.493 e. The summed E-state index contributed by atoms with van der Waals surface area (Å²) >= 11 is 0. The van der Waals surface area contributed by atoms with Crippen LogP contribution >= 0.6 is 0 Å². The molecule has 152 valence electrons. The number of anilines is 1. The molecule has 0 fully saturated rings. The van der Waals surface area contributed by atoms with Crippen LogP contribution in [-0.2, 0) is 13.1 Å². The lowest BCUT2D eigenvalue weighted by Crippen LogP contribution is -2.22. The fourth-order valence-corrected chi connectivity index (χ4v) is 3.25. The highest BCUT2D eigenvalue weighted by molar-refractivity contribution is 5.59. The molecule has 0 unspecified atom stereocenters. The summed E-state index contributed by atoms with van der Waals surface area (Å²) in [5, 5.41) is 8.50. The van der Waals surface area contributed by atoms with E-state index in [1.54, 1.807) is 14.2 Å². The van der Waals surface area contributed by atoms with Crippen molar-refractivity contribution >= 4 is 5.69 Å². The molecule has 0 aliphatic rings. The van der Waals surface area contributed by atoms with Gasteiger partial charge in [-0.1, -0.05) is 48.5 Å². The Morgan fingerprint density at radius 3 is 2.17 bits per heavy atom. The first-order valence-electron chi connectivity index (χ1n) is 9.65. The maximum Gasteiger partial charge on any atom is 0.247 e. The summed E-state index contributed by atoms with van der Waals surface area (Å²) in [6.07, 6.45) is 0. The number of para-hydroxylation sites is 1. The zero-order valence-corrected chi connectivity index (χ0v) is 17.0. The molecule has 4 aromatic rings. The Morgan fingerprint density at radius 2 is 1.47 bits per heavy atom. The first-order chi connectivity index (χ1) is 14.8. The van der Waals surface area contributed by atoms with E-state index >= 15 is 0 Å². The van der Waals surface area contributed by atoms with E-state index in [-0.39, 0.29) is 0 Å². The van der Waals surface area contributed by atoms with E-state index in [2.05, 4.69) is 39.4 Å². The minimum atomic E-state index is 0.443. The molecule has 30 heavy (non-hydrogen) atoms. The van der Waals surface area contributed by atoms with Crippen molar-refractivity contribution in [1.29, 1.82) is 0 Å². The van der Waals surface area contributed by atoms with E-state index in [1.165, 1.54) is 5.56 Å². The fourth-order valence-electron chi connectivity index (χ4n) is 3.25. The third-order valence-corrected chi connectivity index (χ3v) is 4.76. The zero-order valence-electron chi connectivity index (χ0n) is 17.0. The van der Waals surface area contributed by atoms with Crippen LogP contribution in [-0.4, -0.2) is 24.4 Å². The number of hydrogen-bond donors (Lipinski definition) is 0. The van der Waals surface area contributed by atoms with Gasteiger partial charge in [-0.3, -0.25) is 0 Å². The smallest absolute Gasteiger partial charge is 0.247 e. The average molecular weight is 401 g/mol. The van der Waals surface area contributed by atoms with Crippen molar-refractivity contribution in [2.75, 3.05) is 19.1 Å². The summed E-state index contributed by atoms with van der Waals surface area (Å²) in [6.45, 7) is 1.23. The lowest BCUT2D eigenvalue weighted by atomic mass is 10.2. The van der Waals surface area contributed by atoms with Gasteiger partial charge in [-0.05, 0) is 35.9 Å². The monoisotopic (exact) mass is 401 g/mol. The first kappa shape index (κ1) is 19.5. The third-order valence-electron chi connectivity index (χ3n) is 4.76. The van der Waals surface area contributed by atoms with Gasteiger partial charge in [0.1, 0.15) is 0 Å². The predicted molar refractivity (Wildman–Crippen MR) is 116 cm³/mol. The van der Waals surface area contributed by atoms with Crippen molar-refractivity contribution in [3.8, 4) is 23.0 Å². The van der Waals surface area contributed by atoms with E-state index < -0.39 is 0 Å². The van der Waals surface area contributed by atoms with E-state index in [1.807, 2.05) is 54.6 Å². The van der Waals surface area contributed by atoms with Crippen LogP contribution < -0.4 is 14.4 Å². The van der Waals surface area contributed by atoms with Crippen molar-refractivity contribution in [2.45, 2.75) is 13.1 Å². The quantitative estimate of drug-likeness (QED) is 0.416. The van der Waals surface area contributed by atoms with E-state index in [0.717, 1.165) is 17.8 Å². The number of methoxy groups -OCH3 is 2. The van der Waals surface area contributed by atoms with Crippen LogP contribution in [0.1, 0.15) is 11.5 Å². The molecule has 0 spiro atoms. The SMILES string of the molecule is COc1ccc(-c2nnc(CN(Cc3ccccc3)c3ccccc3)o2)cc1OC. The first-order valence-corrected chi connectivity index (χ1v) is 9.65. The average Bonchev–Trinajstić information content (AvgIpc) is 3.28. The number of benzene rings is 3. The lowest BCUT2D eigenvalue weighted by molar-refractivity contribution is 0.355. The van der Waals surface area contributed by atoms with Crippen LogP contribution in [0.5, 0.6) is 11.5 Å². The van der Waals surface area contributed by atoms with Gasteiger partial charge < -0.3 is 18.8 Å². The van der Waals surface area contributed by atoms with Gasteiger partial charge in [0.25, 0.3) is 0 Å². The molecule has 0 saturated heterocycles. The summed E-state index contributed by atoms with van der Waals surface area (Å²) < 4.78 is 16.6. The fraction of sp³-hybridized carbons (Fsp3) is 0.167. The molecule has 0 atom stereocenters. The normalized spacial score (nSPS) is 10.6. The second-order valence-corrected chi connectivity index (χ2v) is 6.75. The van der Waals surface area contributed by atoms with Crippen LogP contribution in [0.25, 0.3) is 11.5 Å². The topological polar surface area (TPSA) is 60.6 Å². The molecule has 3 aromatic carbocycles. The summed E-state index contributed by atoms with van der Waals surface area (Å²) in [4.78, 5) is 2.21. The van der Waals surface area contributed by atoms with Gasteiger partial charge in [0.05, 0.1) is 20.8 Å². The van der Waals surface area contributed by atoms with Gasteiger partial charge >= 0.3 is 0 Å². The Kier molecular flexibility index (Phi) is 5.94. The Bertz CT molecular complexity index is 1080.